The van der Waals surface area contributed by atoms with Crippen LogP contribution in [0.2, 0.25) is 0 Å². The smallest absolute Gasteiger partial charge is 0.124 e. The number of alkyl halides is 1. The van der Waals surface area contributed by atoms with Crippen molar-refractivity contribution in [3.05, 3.63) is 29.8 Å². The van der Waals surface area contributed by atoms with Gasteiger partial charge in [-0.25, -0.2) is 0 Å². The Hall–Kier alpha value is -1.02. The van der Waals surface area contributed by atoms with Gasteiger partial charge in [-0.1, -0.05) is 12.1 Å². The Labute approximate surface area is 131 Å². The van der Waals surface area contributed by atoms with Crippen molar-refractivity contribution in [1.29, 1.82) is 0 Å². The van der Waals surface area contributed by atoms with Crippen LogP contribution in [0.25, 0.3) is 0 Å². The molecule has 5 rings (SSSR count). The number of nitrogens with zero attached hydrogens (tertiary/aromatic N) is 1. The molecule has 0 unspecified atom stereocenters. The number of rotatable bonds is 3. The molecule has 0 aromatic heterocycles. The highest BCUT2D eigenvalue weighted by atomic mass is 35.5. The molecule has 0 heterocycles. The van der Waals surface area contributed by atoms with Crippen molar-refractivity contribution in [2.75, 3.05) is 6.54 Å². The molecule has 4 bridgehead atoms. The van der Waals surface area contributed by atoms with E-state index in [0.29, 0.717) is 11.2 Å². The van der Waals surface area contributed by atoms with Crippen LogP contribution in [0.3, 0.4) is 0 Å². The zero-order chi connectivity index (χ0) is 14.5. The van der Waals surface area contributed by atoms with E-state index in [-0.39, 0.29) is 4.87 Å². The Balaban J connectivity index is 1.51. The maximum atomic E-state index is 9.80. The SMILES string of the molecule is Oc1ccccc1C=NCC12C[C@@H]3C[C@H](CC(Cl)(C3)C1)C2. The van der Waals surface area contributed by atoms with E-state index in [4.69, 9.17) is 11.6 Å². The predicted molar refractivity (Wildman–Crippen MR) is 86.3 cm³/mol. The molecule has 0 saturated heterocycles. The molecule has 0 spiro atoms. The van der Waals surface area contributed by atoms with Crippen molar-refractivity contribution in [3.8, 4) is 5.75 Å². The van der Waals surface area contributed by atoms with Crippen molar-refractivity contribution >= 4 is 17.8 Å². The molecule has 2 nitrogen and oxygen atoms in total. The Bertz CT molecular complexity index is 568. The van der Waals surface area contributed by atoms with Gasteiger partial charge in [0.15, 0.2) is 0 Å². The topological polar surface area (TPSA) is 32.6 Å². The van der Waals surface area contributed by atoms with E-state index in [9.17, 15) is 5.11 Å². The number of hydrogen-bond donors (Lipinski definition) is 1. The lowest BCUT2D eigenvalue weighted by atomic mass is 9.49. The van der Waals surface area contributed by atoms with Crippen LogP contribution in [-0.2, 0) is 0 Å². The van der Waals surface area contributed by atoms with Crippen LogP contribution >= 0.6 is 11.6 Å². The fourth-order valence-corrected chi connectivity index (χ4v) is 6.18. The van der Waals surface area contributed by atoms with Gasteiger partial charge in [0.1, 0.15) is 5.75 Å². The molecule has 1 aromatic carbocycles. The third kappa shape index (κ3) is 2.48. The first kappa shape index (κ1) is 13.6. The summed E-state index contributed by atoms with van der Waals surface area (Å²) in [4.78, 5) is 4.74. The van der Waals surface area contributed by atoms with Crippen molar-refractivity contribution < 1.29 is 5.11 Å². The predicted octanol–water partition coefficient (Wildman–Crippen LogP) is 4.39. The maximum Gasteiger partial charge on any atom is 0.124 e. The molecule has 0 radical (unpaired) electrons. The number of aliphatic imine (C=N–C) groups is 1. The van der Waals surface area contributed by atoms with Gasteiger partial charge in [0.25, 0.3) is 0 Å². The van der Waals surface area contributed by atoms with Gasteiger partial charge in [0, 0.05) is 23.2 Å². The molecule has 0 aliphatic heterocycles. The molecule has 0 amide bonds. The van der Waals surface area contributed by atoms with Gasteiger partial charge < -0.3 is 5.11 Å². The average Bonchev–Trinajstić information content (AvgIpc) is 2.38. The van der Waals surface area contributed by atoms with Crippen molar-refractivity contribution in [3.63, 3.8) is 0 Å². The number of aromatic hydroxyl groups is 1. The van der Waals surface area contributed by atoms with Gasteiger partial charge in [-0.2, -0.15) is 0 Å². The van der Waals surface area contributed by atoms with Crippen LogP contribution in [-0.4, -0.2) is 22.7 Å². The van der Waals surface area contributed by atoms with Crippen LogP contribution in [0.1, 0.15) is 44.1 Å². The molecular weight excluding hydrogens is 282 g/mol. The van der Waals surface area contributed by atoms with Crippen LogP contribution in [0.5, 0.6) is 5.75 Å². The monoisotopic (exact) mass is 303 g/mol. The van der Waals surface area contributed by atoms with Gasteiger partial charge in [-0.15, -0.1) is 11.6 Å². The number of hydrogen-bond acceptors (Lipinski definition) is 2. The molecule has 4 aliphatic carbocycles. The Morgan fingerprint density at radius 1 is 1.19 bits per heavy atom. The summed E-state index contributed by atoms with van der Waals surface area (Å²) in [5.41, 5.74) is 1.13. The third-order valence-electron chi connectivity index (χ3n) is 5.70. The first-order chi connectivity index (χ1) is 10.1. The van der Waals surface area contributed by atoms with E-state index in [1.165, 1.54) is 32.1 Å². The normalized spacial score (nSPS) is 41.0. The number of phenolic OH excluding ortho intramolecular Hbond substituents is 1. The Morgan fingerprint density at radius 2 is 1.90 bits per heavy atom. The van der Waals surface area contributed by atoms with Crippen LogP contribution in [0, 0.1) is 17.3 Å². The Kier molecular flexibility index (Phi) is 3.08. The fraction of sp³-hybridized carbons (Fsp3) is 0.611. The first-order valence-electron chi connectivity index (χ1n) is 8.03. The fourth-order valence-electron chi connectivity index (χ4n) is 5.46. The van der Waals surface area contributed by atoms with Gasteiger partial charge >= 0.3 is 0 Å². The molecule has 21 heavy (non-hydrogen) atoms. The summed E-state index contributed by atoms with van der Waals surface area (Å²) < 4.78 is 0. The largest absolute Gasteiger partial charge is 0.507 e. The molecule has 112 valence electrons. The van der Waals surface area contributed by atoms with Crippen molar-refractivity contribution in [1.82, 2.24) is 0 Å². The molecule has 1 N–H and O–H groups in total. The maximum absolute atomic E-state index is 9.80. The van der Waals surface area contributed by atoms with E-state index in [1.807, 2.05) is 24.4 Å². The van der Waals surface area contributed by atoms with E-state index < -0.39 is 0 Å². The second-order valence-corrected chi connectivity index (χ2v) is 8.44. The second-order valence-electron chi connectivity index (χ2n) is 7.64. The zero-order valence-corrected chi connectivity index (χ0v) is 13.0. The summed E-state index contributed by atoms with van der Waals surface area (Å²) in [5, 5.41) is 9.80. The van der Waals surface area contributed by atoms with Crippen molar-refractivity contribution in [2.45, 2.75) is 43.4 Å². The molecule has 4 aliphatic rings. The zero-order valence-electron chi connectivity index (χ0n) is 12.3. The lowest BCUT2D eigenvalue weighted by Gasteiger charge is -2.59. The highest BCUT2D eigenvalue weighted by Crippen LogP contribution is 2.63. The van der Waals surface area contributed by atoms with Crippen LogP contribution in [0.4, 0.5) is 0 Å². The molecule has 1 aromatic rings. The minimum Gasteiger partial charge on any atom is -0.507 e. The van der Waals surface area contributed by atoms with Crippen molar-refractivity contribution in [2.24, 2.45) is 22.2 Å². The summed E-state index contributed by atoms with van der Waals surface area (Å²) >= 11 is 6.85. The molecule has 3 heteroatoms. The van der Waals surface area contributed by atoms with Gasteiger partial charge in [-0.05, 0) is 67.9 Å². The molecule has 4 saturated carbocycles. The summed E-state index contributed by atoms with van der Waals surface area (Å²) in [6.45, 7) is 0.864. The minimum atomic E-state index is 0.0640. The quantitative estimate of drug-likeness (QED) is 0.652. The standard InChI is InChI=1S/C18H22ClNO/c19-18-8-13-5-14(9-18)7-17(6-13,11-18)12-20-10-15-3-1-2-4-16(15)21/h1-4,10,13-14,21H,5-9,11-12H2/t13-,14-,17?,18?/m0/s1. The third-order valence-corrected chi connectivity index (χ3v) is 6.15. The van der Waals surface area contributed by atoms with E-state index in [0.717, 1.165) is 30.4 Å². The molecular formula is C18H22ClNO. The minimum absolute atomic E-state index is 0.0640. The highest BCUT2D eigenvalue weighted by Gasteiger charge is 2.56. The molecule has 2 atom stereocenters. The average molecular weight is 304 g/mol. The summed E-state index contributed by atoms with van der Waals surface area (Å²) in [5.74, 6) is 1.95. The summed E-state index contributed by atoms with van der Waals surface area (Å²) in [6.07, 6.45) is 9.39. The lowest BCUT2D eigenvalue weighted by molar-refractivity contribution is -0.0336. The number of para-hydroxylation sites is 1. The number of halogens is 1. The van der Waals surface area contributed by atoms with Crippen LogP contribution in [0.15, 0.2) is 29.3 Å². The second kappa shape index (κ2) is 4.74. The number of phenols is 1. The lowest BCUT2D eigenvalue weighted by Crippen LogP contribution is -2.54. The number of benzene rings is 1. The van der Waals surface area contributed by atoms with E-state index in [2.05, 4.69) is 4.99 Å². The van der Waals surface area contributed by atoms with Gasteiger partial charge in [-0.3, -0.25) is 4.99 Å². The van der Waals surface area contributed by atoms with Gasteiger partial charge in [0.05, 0.1) is 0 Å². The molecule has 4 fully saturated rings. The summed E-state index contributed by atoms with van der Waals surface area (Å²) in [6, 6.07) is 7.38. The summed E-state index contributed by atoms with van der Waals surface area (Å²) in [7, 11) is 0. The highest BCUT2D eigenvalue weighted by molar-refractivity contribution is 6.24. The van der Waals surface area contributed by atoms with E-state index >= 15 is 0 Å². The van der Waals surface area contributed by atoms with Gasteiger partial charge in [0.2, 0.25) is 0 Å². The Morgan fingerprint density at radius 3 is 2.57 bits per heavy atom. The van der Waals surface area contributed by atoms with Crippen LogP contribution < -0.4 is 0 Å². The first-order valence-corrected chi connectivity index (χ1v) is 8.41. The van der Waals surface area contributed by atoms with E-state index in [1.54, 1.807) is 6.07 Å².